The van der Waals surface area contributed by atoms with Gasteiger partial charge in [-0.05, 0) is 12.1 Å². The zero-order valence-electron chi connectivity index (χ0n) is 11.4. The van der Waals surface area contributed by atoms with E-state index in [2.05, 4.69) is 15.6 Å². The molecule has 0 spiro atoms. The number of para-hydroxylation sites is 1. The van der Waals surface area contributed by atoms with Gasteiger partial charge in [-0.25, -0.2) is 9.37 Å². The van der Waals surface area contributed by atoms with E-state index in [1.54, 1.807) is 7.05 Å². The highest BCUT2D eigenvalue weighted by Crippen LogP contribution is 2.31. The minimum atomic E-state index is -0.662. The molecule has 1 aliphatic heterocycles. The number of hydrogen-bond acceptors (Lipinski definition) is 4. The molecule has 2 aromatic rings. The Morgan fingerprint density at radius 2 is 2.19 bits per heavy atom. The summed E-state index contributed by atoms with van der Waals surface area (Å²) in [6.45, 7) is 0.344. The molecule has 21 heavy (non-hydrogen) atoms. The standard InChI is InChI=1S/C15H14FN3O2/c1-17-14-13(16)10(6-7-18-14)15(20)19-11-8-21-12-5-3-2-4-9(11)12/h2-7,11H,8H2,1H3,(H,17,18)(H,19,20). The van der Waals surface area contributed by atoms with Gasteiger partial charge in [-0.2, -0.15) is 0 Å². The summed E-state index contributed by atoms with van der Waals surface area (Å²) in [5.74, 6) is -0.360. The molecule has 0 saturated carbocycles. The van der Waals surface area contributed by atoms with Gasteiger partial charge < -0.3 is 15.4 Å². The number of nitrogens with zero attached hydrogens (tertiary/aromatic N) is 1. The SMILES string of the molecule is CNc1nccc(C(=O)NC2COc3ccccc32)c1F. The molecular formula is C15H14FN3O2. The summed E-state index contributed by atoms with van der Waals surface area (Å²) >= 11 is 0. The van der Waals surface area contributed by atoms with E-state index in [1.807, 2.05) is 24.3 Å². The first-order chi connectivity index (χ1) is 10.2. The van der Waals surface area contributed by atoms with Gasteiger partial charge in [0.15, 0.2) is 11.6 Å². The summed E-state index contributed by atoms with van der Waals surface area (Å²) in [5.41, 5.74) is 0.855. The van der Waals surface area contributed by atoms with E-state index in [0.29, 0.717) is 6.61 Å². The monoisotopic (exact) mass is 287 g/mol. The predicted octanol–water partition coefficient (Wildman–Crippen LogP) is 2.13. The third-order valence-electron chi connectivity index (χ3n) is 3.38. The van der Waals surface area contributed by atoms with Crippen molar-refractivity contribution in [3.8, 4) is 5.75 Å². The van der Waals surface area contributed by atoms with Crippen LogP contribution in [0.5, 0.6) is 5.75 Å². The minimum absolute atomic E-state index is 0.0428. The minimum Gasteiger partial charge on any atom is -0.491 e. The van der Waals surface area contributed by atoms with Gasteiger partial charge in [0.2, 0.25) is 0 Å². The quantitative estimate of drug-likeness (QED) is 0.907. The van der Waals surface area contributed by atoms with Crippen molar-refractivity contribution in [3.63, 3.8) is 0 Å². The first kappa shape index (κ1) is 13.4. The van der Waals surface area contributed by atoms with Gasteiger partial charge in [-0.1, -0.05) is 18.2 Å². The maximum absolute atomic E-state index is 14.1. The van der Waals surface area contributed by atoms with Crippen LogP contribution in [0.4, 0.5) is 10.2 Å². The predicted molar refractivity (Wildman–Crippen MR) is 75.9 cm³/mol. The van der Waals surface area contributed by atoms with Crippen LogP contribution >= 0.6 is 0 Å². The Labute approximate surface area is 121 Å². The normalized spacial score (nSPS) is 16.0. The smallest absolute Gasteiger partial charge is 0.255 e. The number of halogens is 1. The van der Waals surface area contributed by atoms with Crippen molar-refractivity contribution < 1.29 is 13.9 Å². The second-order valence-corrected chi connectivity index (χ2v) is 4.65. The first-order valence-corrected chi connectivity index (χ1v) is 6.55. The molecule has 0 aliphatic carbocycles. The first-order valence-electron chi connectivity index (χ1n) is 6.55. The van der Waals surface area contributed by atoms with Gasteiger partial charge in [-0.15, -0.1) is 0 Å². The maximum atomic E-state index is 14.1. The molecule has 1 unspecified atom stereocenters. The Kier molecular flexibility index (Phi) is 3.43. The second kappa shape index (κ2) is 5.40. The molecule has 0 radical (unpaired) electrons. The summed E-state index contributed by atoms with van der Waals surface area (Å²) in [4.78, 5) is 16.1. The number of rotatable bonds is 3. The molecule has 2 heterocycles. The van der Waals surface area contributed by atoms with Crippen LogP contribution in [-0.4, -0.2) is 24.5 Å². The Balaban J connectivity index is 1.82. The van der Waals surface area contributed by atoms with Crippen molar-refractivity contribution in [3.05, 3.63) is 53.5 Å². The fourth-order valence-electron chi connectivity index (χ4n) is 2.31. The third-order valence-corrected chi connectivity index (χ3v) is 3.38. The number of amides is 1. The lowest BCUT2D eigenvalue weighted by molar-refractivity contribution is 0.0926. The van der Waals surface area contributed by atoms with E-state index in [4.69, 9.17) is 4.74 Å². The van der Waals surface area contributed by atoms with Gasteiger partial charge in [0.25, 0.3) is 5.91 Å². The average molecular weight is 287 g/mol. The van der Waals surface area contributed by atoms with Gasteiger partial charge >= 0.3 is 0 Å². The molecule has 3 rings (SSSR count). The Bertz CT molecular complexity index is 690. The molecule has 6 heteroatoms. The largest absolute Gasteiger partial charge is 0.491 e. The van der Waals surface area contributed by atoms with Crippen LogP contribution in [0.25, 0.3) is 0 Å². The van der Waals surface area contributed by atoms with Crippen molar-refractivity contribution in [1.82, 2.24) is 10.3 Å². The summed E-state index contributed by atoms with van der Waals surface area (Å²) in [7, 11) is 1.55. The third kappa shape index (κ3) is 2.40. The molecule has 1 amide bonds. The van der Waals surface area contributed by atoms with Crippen molar-refractivity contribution >= 4 is 11.7 Å². The topological polar surface area (TPSA) is 63.2 Å². The van der Waals surface area contributed by atoms with Crippen LogP contribution in [0.1, 0.15) is 22.0 Å². The van der Waals surface area contributed by atoms with Gasteiger partial charge in [0, 0.05) is 18.8 Å². The summed E-state index contributed by atoms with van der Waals surface area (Å²) in [5, 5.41) is 5.39. The molecule has 1 aromatic carbocycles. The number of anilines is 1. The maximum Gasteiger partial charge on any atom is 0.255 e. The lowest BCUT2D eigenvalue weighted by Crippen LogP contribution is -2.30. The van der Waals surface area contributed by atoms with Gasteiger partial charge in [-0.3, -0.25) is 4.79 Å². The van der Waals surface area contributed by atoms with E-state index >= 15 is 0 Å². The number of nitrogens with one attached hydrogen (secondary N) is 2. The van der Waals surface area contributed by atoms with Crippen LogP contribution in [0.3, 0.4) is 0 Å². The molecule has 0 saturated heterocycles. The molecule has 0 bridgehead atoms. The van der Waals surface area contributed by atoms with Gasteiger partial charge in [0.1, 0.15) is 12.4 Å². The van der Waals surface area contributed by atoms with E-state index in [-0.39, 0.29) is 17.4 Å². The van der Waals surface area contributed by atoms with Crippen molar-refractivity contribution in [2.75, 3.05) is 19.0 Å². The molecule has 1 aliphatic rings. The summed E-state index contributed by atoms with van der Waals surface area (Å²) in [6, 6.07) is 8.54. The molecule has 2 N–H and O–H groups in total. The molecule has 108 valence electrons. The van der Waals surface area contributed by atoms with Crippen LogP contribution in [0.15, 0.2) is 36.5 Å². The van der Waals surface area contributed by atoms with E-state index in [9.17, 15) is 9.18 Å². The Morgan fingerprint density at radius 3 is 3.00 bits per heavy atom. The Morgan fingerprint density at radius 1 is 1.38 bits per heavy atom. The number of hydrogen-bond donors (Lipinski definition) is 2. The molecule has 1 aromatic heterocycles. The number of pyridine rings is 1. The van der Waals surface area contributed by atoms with E-state index < -0.39 is 11.7 Å². The van der Waals surface area contributed by atoms with Crippen LogP contribution in [0.2, 0.25) is 0 Å². The molecule has 0 fully saturated rings. The van der Waals surface area contributed by atoms with Crippen molar-refractivity contribution in [1.29, 1.82) is 0 Å². The highest BCUT2D eigenvalue weighted by Gasteiger charge is 2.26. The fourth-order valence-corrected chi connectivity index (χ4v) is 2.31. The van der Waals surface area contributed by atoms with Crippen LogP contribution in [-0.2, 0) is 0 Å². The van der Waals surface area contributed by atoms with Crippen molar-refractivity contribution in [2.45, 2.75) is 6.04 Å². The molecule has 1 atom stereocenters. The lowest BCUT2D eigenvalue weighted by Gasteiger charge is -2.13. The average Bonchev–Trinajstić information content (AvgIpc) is 2.91. The number of fused-ring (bicyclic) bond motifs is 1. The number of carbonyl (C=O) groups excluding carboxylic acids is 1. The summed E-state index contributed by atoms with van der Waals surface area (Å²) < 4.78 is 19.6. The van der Waals surface area contributed by atoms with Crippen LogP contribution in [0, 0.1) is 5.82 Å². The molecular weight excluding hydrogens is 273 g/mol. The van der Waals surface area contributed by atoms with Crippen LogP contribution < -0.4 is 15.4 Å². The Hall–Kier alpha value is -2.63. The summed E-state index contributed by atoms with van der Waals surface area (Å²) in [6.07, 6.45) is 1.39. The fraction of sp³-hybridized carbons (Fsp3) is 0.200. The number of ether oxygens (including phenoxy) is 1. The molecule has 5 nitrogen and oxygen atoms in total. The zero-order chi connectivity index (χ0) is 14.8. The number of carbonyl (C=O) groups is 1. The van der Waals surface area contributed by atoms with Crippen molar-refractivity contribution in [2.24, 2.45) is 0 Å². The highest BCUT2D eigenvalue weighted by atomic mass is 19.1. The lowest BCUT2D eigenvalue weighted by atomic mass is 10.1. The highest BCUT2D eigenvalue weighted by molar-refractivity contribution is 5.95. The van der Waals surface area contributed by atoms with Gasteiger partial charge in [0.05, 0.1) is 11.6 Å². The second-order valence-electron chi connectivity index (χ2n) is 4.65. The van der Waals surface area contributed by atoms with E-state index in [0.717, 1.165) is 11.3 Å². The number of benzene rings is 1. The van der Waals surface area contributed by atoms with E-state index in [1.165, 1.54) is 12.3 Å². The number of aromatic nitrogens is 1. The zero-order valence-corrected chi connectivity index (χ0v) is 11.4.